The number of piperazine rings is 1. The number of carbonyl (C=O) groups is 2. The van der Waals surface area contributed by atoms with Crippen molar-refractivity contribution in [2.45, 2.75) is 25.8 Å². The molecular weight excluding hydrogens is 484 g/mol. The van der Waals surface area contributed by atoms with Crippen LogP contribution in [0.2, 0.25) is 0 Å². The van der Waals surface area contributed by atoms with E-state index in [9.17, 15) is 14.4 Å². The lowest BCUT2D eigenvalue weighted by Crippen LogP contribution is -2.58. The molecule has 4 heterocycles. The van der Waals surface area contributed by atoms with Gasteiger partial charge in [0.15, 0.2) is 0 Å². The number of fused-ring (bicyclic) bond motifs is 1. The van der Waals surface area contributed by atoms with Crippen molar-refractivity contribution < 1.29 is 9.59 Å². The summed E-state index contributed by atoms with van der Waals surface area (Å²) in [5.74, 6) is 1.66. The number of hydrogen-bond donors (Lipinski definition) is 3. The molecule has 0 unspecified atom stereocenters. The van der Waals surface area contributed by atoms with Crippen molar-refractivity contribution in [3.63, 3.8) is 0 Å². The van der Waals surface area contributed by atoms with Gasteiger partial charge >= 0.3 is 11.7 Å². The number of likely N-dealkylation sites (tertiary alicyclic amines) is 1. The smallest absolute Gasteiger partial charge is 0.338 e. The third-order valence-electron chi connectivity index (χ3n) is 7.84. The van der Waals surface area contributed by atoms with Crippen molar-refractivity contribution in [2.24, 2.45) is 17.6 Å². The molecular formula is C27H38N8O3. The van der Waals surface area contributed by atoms with E-state index in [0.29, 0.717) is 26.2 Å². The molecule has 3 saturated heterocycles. The molecule has 0 spiro atoms. The molecule has 2 aromatic rings. The first kappa shape index (κ1) is 26.3. The number of urea groups is 1. The van der Waals surface area contributed by atoms with E-state index in [-0.39, 0.29) is 17.8 Å². The van der Waals surface area contributed by atoms with Gasteiger partial charge in [-0.1, -0.05) is 12.1 Å². The SMILES string of the molecule is CC(C)(N)C(=O)N1CCN(C(=O)Nc2ccn(-c3ccc(CCN4C[C@H]5CNC[C@H]5C4)cc3)c(=O)n2)CC1. The fourth-order valence-electron chi connectivity index (χ4n) is 5.62. The van der Waals surface area contributed by atoms with Crippen LogP contribution in [0.5, 0.6) is 0 Å². The molecule has 4 N–H and O–H groups in total. The molecule has 2 atom stereocenters. The van der Waals surface area contributed by atoms with Gasteiger partial charge in [-0.25, -0.2) is 9.59 Å². The predicted octanol–water partition coefficient (Wildman–Crippen LogP) is 0.340. The Hall–Kier alpha value is -3.28. The Labute approximate surface area is 223 Å². The molecule has 0 aliphatic carbocycles. The number of rotatable bonds is 6. The Balaban J connectivity index is 1.12. The lowest BCUT2D eigenvalue weighted by Gasteiger charge is -2.37. The van der Waals surface area contributed by atoms with E-state index >= 15 is 0 Å². The first-order valence-corrected chi connectivity index (χ1v) is 13.4. The first-order chi connectivity index (χ1) is 18.2. The first-order valence-electron chi connectivity index (χ1n) is 13.4. The van der Waals surface area contributed by atoms with Gasteiger partial charge in [0.25, 0.3) is 0 Å². The van der Waals surface area contributed by atoms with Crippen molar-refractivity contribution in [2.75, 3.05) is 64.2 Å². The highest BCUT2D eigenvalue weighted by Crippen LogP contribution is 2.26. The summed E-state index contributed by atoms with van der Waals surface area (Å²) in [6, 6.07) is 9.25. The minimum Gasteiger partial charge on any atom is -0.338 e. The third kappa shape index (κ3) is 5.90. The lowest BCUT2D eigenvalue weighted by molar-refractivity contribution is -0.137. The summed E-state index contributed by atoms with van der Waals surface area (Å²) in [6.07, 6.45) is 2.61. The molecule has 3 fully saturated rings. The molecule has 11 nitrogen and oxygen atoms in total. The van der Waals surface area contributed by atoms with Crippen LogP contribution in [0, 0.1) is 11.8 Å². The number of nitrogens with two attached hydrogens (primary N) is 1. The van der Waals surface area contributed by atoms with E-state index in [0.717, 1.165) is 43.6 Å². The Morgan fingerprint density at radius 1 is 1.03 bits per heavy atom. The number of carbonyl (C=O) groups excluding carboxylic acids is 2. The van der Waals surface area contributed by atoms with Gasteiger partial charge < -0.3 is 25.8 Å². The lowest BCUT2D eigenvalue weighted by atomic mass is 10.0. The maximum absolute atomic E-state index is 12.7. The summed E-state index contributed by atoms with van der Waals surface area (Å²) in [7, 11) is 0. The van der Waals surface area contributed by atoms with Crippen molar-refractivity contribution in [3.8, 4) is 5.69 Å². The van der Waals surface area contributed by atoms with E-state index in [1.165, 1.54) is 23.2 Å². The summed E-state index contributed by atoms with van der Waals surface area (Å²) in [6.45, 7) is 10.6. The van der Waals surface area contributed by atoms with Crippen molar-refractivity contribution in [3.05, 3.63) is 52.6 Å². The fraction of sp³-hybridized carbons (Fsp3) is 0.556. The molecule has 3 amide bonds. The molecule has 1 aromatic carbocycles. The monoisotopic (exact) mass is 522 g/mol. The highest BCUT2D eigenvalue weighted by atomic mass is 16.2. The number of nitrogens with zero attached hydrogens (tertiary/aromatic N) is 5. The second-order valence-electron chi connectivity index (χ2n) is 11.3. The Bertz CT molecular complexity index is 1200. The minimum absolute atomic E-state index is 0.137. The minimum atomic E-state index is -0.941. The van der Waals surface area contributed by atoms with E-state index in [1.807, 2.05) is 12.1 Å². The van der Waals surface area contributed by atoms with Crippen LogP contribution < -0.4 is 22.1 Å². The topological polar surface area (TPSA) is 129 Å². The van der Waals surface area contributed by atoms with Gasteiger partial charge in [0.05, 0.1) is 11.2 Å². The van der Waals surface area contributed by atoms with Crippen molar-refractivity contribution >= 4 is 17.8 Å². The van der Waals surface area contributed by atoms with Gasteiger partial charge in [-0.3, -0.25) is 14.7 Å². The summed E-state index contributed by atoms with van der Waals surface area (Å²) >= 11 is 0. The van der Waals surface area contributed by atoms with Gasteiger partial charge in [0, 0.05) is 52.0 Å². The Morgan fingerprint density at radius 2 is 1.66 bits per heavy atom. The molecule has 204 valence electrons. The average Bonchev–Trinajstić information content (AvgIpc) is 3.49. The molecule has 11 heteroatoms. The zero-order valence-electron chi connectivity index (χ0n) is 22.2. The molecule has 3 aliphatic rings. The van der Waals surface area contributed by atoms with Gasteiger partial charge in [0.2, 0.25) is 5.91 Å². The Kier molecular flexibility index (Phi) is 7.51. The van der Waals surface area contributed by atoms with E-state index in [4.69, 9.17) is 5.73 Å². The number of amides is 3. The van der Waals surface area contributed by atoms with Crippen LogP contribution in [-0.2, 0) is 11.2 Å². The van der Waals surface area contributed by atoms with Crippen LogP contribution in [0.4, 0.5) is 10.6 Å². The molecule has 38 heavy (non-hydrogen) atoms. The van der Waals surface area contributed by atoms with Crippen LogP contribution in [0.15, 0.2) is 41.3 Å². The molecule has 0 radical (unpaired) electrons. The van der Waals surface area contributed by atoms with Crippen molar-refractivity contribution in [1.82, 2.24) is 29.6 Å². The zero-order chi connectivity index (χ0) is 26.9. The predicted molar refractivity (Wildman–Crippen MR) is 145 cm³/mol. The summed E-state index contributed by atoms with van der Waals surface area (Å²) in [4.78, 5) is 47.6. The van der Waals surface area contributed by atoms with Gasteiger partial charge in [-0.15, -0.1) is 0 Å². The molecule has 0 saturated carbocycles. The van der Waals surface area contributed by atoms with Crippen LogP contribution >= 0.6 is 0 Å². The Morgan fingerprint density at radius 3 is 2.26 bits per heavy atom. The number of benzene rings is 1. The van der Waals surface area contributed by atoms with Crippen LogP contribution in [0.25, 0.3) is 5.69 Å². The average molecular weight is 523 g/mol. The fourth-order valence-corrected chi connectivity index (χ4v) is 5.62. The van der Waals surface area contributed by atoms with E-state index in [1.54, 1.807) is 35.9 Å². The maximum Gasteiger partial charge on any atom is 0.354 e. The highest BCUT2D eigenvalue weighted by molar-refractivity contribution is 5.89. The number of hydrogen-bond acceptors (Lipinski definition) is 7. The molecule has 0 bridgehead atoms. The zero-order valence-corrected chi connectivity index (χ0v) is 22.2. The van der Waals surface area contributed by atoms with Crippen molar-refractivity contribution in [1.29, 1.82) is 0 Å². The second-order valence-corrected chi connectivity index (χ2v) is 11.3. The molecule has 3 aliphatic heterocycles. The largest absolute Gasteiger partial charge is 0.354 e. The molecule has 1 aromatic heterocycles. The van der Waals surface area contributed by atoms with E-state index in [2.05, 4.69) is 32.7 Å². The van der Waals surface area contributed by atoms with Gasteiger partial charge in [-0.2, -0.15) is 4.98 Å². The summed E-state index contributed by atoms with van der Waals surface area (Å²) < 4.78 is 1.47. The summed E-state index contributed by atoms with van der Waals surface area (Å²) in [5.41, 5.74) is 6.47. The maximum atomic E-state index is 12.7. The standard InChI is InChI=1S/C27H38N8O3/c1-27(2,28)24(36)33-11-13-34(14-12-33)25(37)30-23-8-10-35(26(38)31-23)22-5-3-19(4-6-22)7-9-32-17-20-15-29-16-21(20)18-32/h3-6,8,10,20-21,29H,7,9,11-18,28H2,1-2H3,(H,30,31,37,38)/t20-,21+. The molecule has 5 rings (SSSR count). The van der Waals surface area contributed by atoms with Crippen LogP contribution in [0.3, 0.4) is 0 Å². The van der Waals surface area contributed by atoms with Crippen LogP contribution in [-0.4, -0.2) is 101 Å². The number of aromatic nitrogens is 2. The normalized spacial score (nSPS) is 22.0. The number of nitrogens with one attached hydrogen (secondary N) is 2. The summed E-state index contributed by atoms with van der Waals surface area (Å²) in [5, 5.41) is 6.18. The quantitative estimate of drug-likeness (QED) is 0.499. The van der Waals surface area contributed by atoms with Gasteiger partial charge in [0.1, 0.15) is 5.82 Å². The van der Waals surface area contributed by atoms with Gasteiger partial charge in [-0.05, 0) is 69.0 Å². The number of anilines is 1. The van der Waals surface area contributed by atoms with E-state index < -0.39 is 11.2 Å². The highest BCUT2D eigenvalue weighted by Gasteiger charge is 2.35. The third-order valence-corrected chi connectivity index (χ3v) is 7.84. The second kappa shape index (κ2) is 10.8. The van der Waals surface area contributed by atoms with Crippen LogP contribution in [0.1, 0.15) is 19.4 Å².